The van der Waals surface area contributed by atoms with Crippen LogP contribution in [-0.2, 0) is 10.0 Å². The summed E-state index contributed by atoms with van der Waals surface area (Å²) in [5, 5.41) is 3.04. The first-order valence-electron chi connectivity index (χ1n) is 8.96. The van der Waals surface area contributed by atoms with Crippen molar-refractivity contribution in [2.24, 2.45) is 0 Å². The molecular weight excluding hydrogens is 384 g/mol. The average molecular weight is 407 g/mol. The van der Waals surface area contributed by atoms with E-state index in [4.69, 9.17) is 11.6 Å². The first kappa shape index (κ1) is 19.9. The number of halogens is 1. The van der Waals surface area contributed by atoms with Crippen molar-refractivity contribution in [3.63, 3.8) is 0 Å². The van der Waals surface area contributed by atoms with Crippen LogP contribution in [0, 0.1) is 6.92 Å². The summed E-state index contributed by atoms with van der Waals surface area (Å²) in [4.78, 5) is 12.6. The van der Waals surface area contributed by atoms with Crippen molar-refractivity contribution >= 4 is 27.5 Å². The minimum absolute atomic E-state index is 0.0123. The van der Waals surface area contributed by atoms with Crippen molar-refractivity contribution in [1.82, 2.24) is 9.62 Å². The molecule has 1 saturated heterocycles. The van der Waals surface area contributed by atoms with Crippen LogP contribution in [0.15, 0.2) is 47.4 Å². The Bertz CT molecular complexity index is 936. The summed E-state index contributed by atoms with van der Waals surface area (Å²) in [6.45, 7) is 4.86. The van der Waals surface area contributed by atoms with Crippen molar-refractivity contribution in [2.75, 3.05) is 13.1 Å². The fraction of sp³-hybridized carbons (Fsp3) is 0.350. The van der Waals surface area contributed by atoms with E-state index in [1.807, 2.05) is 38.1 Å². The monoisotopic (exact) mass is 406 g/mol. The molecule has 1 fully saturated rings. The van der Waals surface area contributed by atoms with Crippen molar-refractivity contribution in [3.05, 3.63) is 64.2 Å². The van der Waals surface area contributed by atoms with Crippen molar-refractivity contribution in [1.29, 1.82) is 0 Å². The molecule has 0 aliphatic carbocycles. The zero-order chi connectivity index (χ0) is 19.6. The lowest BCUT2D eigenvalue weighted by molar-refractivity contribution is 0.0939. The smallest absolute Gasteiger partial charge is 0.251 e. The molecule has 5 nitrogen and oxygen atoms in total. The summed E-state index contributed by atoms with van der Waals surface area (Å²) in [5.41, 5.74) is 2.40. The number of rotatable bonds is 5. The molecule has 0 unspecified atom stereocenters. The molecular formula is C20H23ClN2O3S. The number of hydrogen-bond donors (Lipinski definition) is 1. The normalized spacial score (nSPS) is 16.3. The molecule has 2 aromatic rings. The Morgan fingerprint density at radius 3 is 2.37 bits per heavy atom. The minimum Gasteiger partial charge on any atom is -0.346 e. The van der Waals surface area contributed by atoms with Gasteiger partial charge >= 0.3 is 0 Å². The number of amides is 1. The third kappa shape index (κ3) is 4.34. The molecule has 2 aromatic carbocycles. The maximum atomic E-state index is 12.8. The number of carbonyl (C=O) groups is 1. The highest BCUT2D eigenvalue weighted by Gasteiger charge is 2.29. The Morgan fingerprint density at radius 2 is 1.74 bits per heavy atom. The lowest BCUT2D eigenvalue weighted by atomic mass is 10.1. The number of benzene rings is 2. The molecule has 3 rings (SSSR count). The van der Waals surface area contributed by atoms with Crippen LogP contribution >= 0.6 is 11.6 Å². The molecule has 0 bridgehead atoms. The van der Waals surface area contributed by atoms with E-state index in [1.165, 1.54) is 16.4 Å². The topological polar surface area (TPSA) is 66.5 Å². The van der Waals surface area contributed by atoms with Crippen LogP contribution in [0.25, 0.3) is 0 Å². The fourth-order valence-corrected chi connectivity index (χ4v) is 5.15. The summed E-state index contributed by atoms with van der Waals surface area (Å²) >= 11 is 6.14. The Morgan fingerprint density at radius 1 is 1.11 bits per heavy atom. The second-order valence-corrected chi connectivity index (χ2v) is 9.18. The van der Waals surface area contributed by atoms with E-state index in [1.54, 1.807) is 6.07 Å². The first-order chi connectivity index (χ1) is 12.8. The van der Waals surface area contributed by atoms with Gasteiger partial charge in [0, 0.05) is 18.7 Å². The van der Waals surface area contributed by atoms with Gasteiger partial charge in [-0.1, -0.05) is 41.4 Å². The number of nitrogens with zero attached hydrogens (tertiary/aromatic N) is 1. The number of sulfonamides is 1. The van der Waals surface area contributed by atoms with Crippen LogP contribution in [0.4, 0.5) is 0 Å². The molecule has 1 aliphatic heterocycles. The molecule has 1 amide bonds. The van der Waals surface area contributed by atoms with Gasteiger partial charge in [-0.15, -0.1) is 0 Å². The zero-order valence-corrected chi connectivity index (χ0v) is 17.0. The van der Waals surface area contributed by atoms with Crippen molar-refractivity contribution < 1.29 is 13.2 Å². The maximum Gasteiger partial charge on any atom is 0.251 e. The summed E-state index contributed by atoms with van der Waals surface area (Å²) < 4.78 is 27.1. The average Bonchev–Trinajstić information content (AvgIpc) is 3.18. The largest absolute Gasteiger partial charge is 0.346 e. The minimum atomic E-state index is -3.69. The van der Waals surface area contributed by atoms with Gasteiger partial charge in [-0.3, -0.25) is 4.79 Å². The fourth-order valence-electron chi connectivity index (χ4n) is 3.13. The van der Waals surface area contributed by atoms with Crippen LogP contribution in [0.3, 0.4) is 0 Å². The Labute approximate surface area is 165 Å². The number of nitrogens with one attached hydrogen (secondary N) is 1. The van der Waals surface area contributed by atoms with Gasteiger partial charge in [-0.2, -0.15) is 4.31 Å². The molecule has 1 N–H and O–H groups in total. The predicted octanol–water partition coefficient (Wildman–Crippen LogP) is 3.92. The quantitative estimate of drug-likeness (QED) is 0.818. The first-order valence-corrected chi connectivity index (χ1v) is 10.8. The van der Waals surface area contributed by atoms with Gasteiger partial charge < -0.3 is 5.32 Å². The van der Waals surface area contributed by atoms with Crippen LogP contribution in [0.1, 0.15) is 47.3 Å². The highest BCUT2D eigenvalue weighted by atomic mass is 35.5. The number of aryl methyl sites for hydroxylation is 1. The van der Waals surface area contributed by atoms with Crippen LogP contribution in [0.5, 0.6) is 0 Å². The van der Waals surface area contributed by atoms with E-state index in [-0.39, 0.29) is 27.4 Å². The van der Waals surface area contributed by atoms with Gasteiger partial charge in [-0.05, 0) is 50.5 Å². The Balaban J connectivity index is 1.82. The summed E-state index contributed by atoms with van der Waals surface area (Å²) in [5.74, 6) is -0.336. The SMILES string of the molecule is Cc1ccc([C@@H](C)NC(=O)c2ccc(Cl)c(S(=O)(=O)N3CCCC3)c2)cc1. The Kier molecular flexibility index (Phi) is 5.89. The van der Waals surface area contributed by atoms with Gasteiger partial charge in [0.05, 0.1) is 11.1 Å². The van der Waals surface area contributed by atoms with Gasteiger partial charge in [-0.25, -0.2) is 8.42 Å². The molecule has 1 heterocycles. The second kappa shape index (κ2) is 8.00. The molecule has 0 spiro atoms. The second-order valence-electron chi connectivity index (χ2n) is 6.86. The van der Waals surface area contributed by atoms with Crippen LogP contribution in [0.2, 0.25) is 5.02 Å². The van der Waals surface area contributed by atoms with E-state index in [0.29, 0.717) is 13.1 Å². The van der Waals surface area contributed by atoms with E-state index in [0.717, 1.165) is 24.0 Å². The lowest BCUT2D eigenvalue weighted by Gasteiger charge is -2.18. The molecule has 7 heteroatoms. The standard InChI is InChI=1S/C20H23ClN2O3S/c1-14-5-7-16(8-6-14)15(2)22-20(24)17-9-10-18(21)19(13-17)27(25,26)23-11-3-4-12-23/h5-10,13,15H,3-4,11-12H2,1-2H3,(H,22,24)/t15-/m1/s1. The summed E-state index contributed by atoms with van der Waals surface area (Å²) in [6.07, 6.45) is 1.68. The van der Waals surface area contributed by atoms with E-state index >= 15 is 0 Å². The van der Waals surface area contributed by atoms with E-state index in [2.05, 4.69) is 5.32 Å². The van der Waals surface area contributed by atoms with E-state index < -0.39 is 10.0 Å². The predicted molar refractivity (Wildman–Crippen MR) is 107 cm³/mol. The molecule has 0 aromatic heterocycles. The van der Waals surface area contributed by atoms with E-state index in [9.17, 15) is 13.2 Å². The molecule has 144 valence electrons. The summed E-state index contributed by atoms with van der Waals surface area (Å²) in [6, 6.07) is 12.1. The molecule has 0 saturated carbocycles. The number of hydrogen-bond acceptors (Lipinski definition) is 3. The van der Waals surface area contributed by atoms with Gasteiger partial charge in [0.1, 0.15) is 4.90 Å². The highest BCUT2D eigenvalue weighted by Crippen LogP contribution is 2.28. The Hall–Kier alpha value is -1.89. The molecule has 0 radical (unpaired) electrons. The maximum absolute atomic E-state index is 12.8. The molecule has 27 heavy (non-hydrogen) atoms. The van der Waals surface area contributed by atoms with Crippen molar-refractivity contribution in [3.8, 4) is 0 Å². The summed E-state index contributed by atoms with van der Waals surface area (Å²) in [7, 11) is -3.69. The van der Waals surface area contributed by atoms with Gasteiger partial charge in [0.15, 0.2) is 0 Å². The van der Waals surface area contributed by atoms with Crippen LogP contribution in [-0.4, -0.2) is 31.7 Å². The third-order valence-corrected chi connectivity index (χ3v) is 7.18. The van der Waals surface area contributed by atoms with Crippen molar-refractivity contribution in [2.45, 2.75) is 37.6 Å². The highest BCUT2D eigenvalue weighted by molar-refractivity contribution is 7.89. The zero-order valence-electron chi connectivity index (χ0n) is 15.4. The molecule has 1 atom stereocenters. The van der Waals surface area contributed by atoms with Gasteiger partial charge in [0.25, 0.3) is 5.91 Å². The third-order valence-electron chi connectivity index (χ3n) is 4.80. The number of carbonyl (C=O) groups excluding carboxylic acids is 1. The molecule has 1 aliphatic rings. The lowest BCUT2D eigenvalue weighted by Crippen LogP contribution is -2.29. The van der Waals surface area contributed by atoms with Gasteiger partial charge in [0.2, 0.25) is 10.0 Å². The van der Waals surface area contributed by atoms with Crippen LogP contribution < -0.4 is 5.32 Å².